The molecule has 3 N–H and O–H groups in total. The molecule has 0 radical (unpaired) electrons. The molecule has 0 bridgehead atoms. The van der Waals surface area contributed by atoms with Crippen molar-refractivity contribution in [2.24, 2.45) is 11.7 Å². The van der Waals surface area contributed by atoms with Crippen molar-refractivity contribution in [3.8, 4) is 6.07 Å². The summed E-state index contributed by atoms with van der Waals surface area (Å²) in [5.74, 6) is 0.634. The van der Waals surface area contributed by atoms with Crippen molar-refractivity contribution in [3.05, 3.63) is 0 Å². The van der Waals surface area contributed by atoms with E-state index in [1.807, 2.05) is 6.07 Å². The van der Waals surface area contributed by atoms with Gasteiger partial charge >= 0.3 is 0 Å². The van der Waals surface area contributed by atoms with E-state index in [1.165, 1.54) is 6.42 Å². The van der Waals surface area contributed by atoms with Gasteiger partial charge in [0.15, 0.2) is 0 Å². The van der Waals surface area contributed by atoms with Gasteiger partial charge in [-0.25, -0.2) is 0 Å². The summed E-state index contributed by atoms with van der Waals surface area (Å²) in [4.78, 5) is 0. The Labute approximate surface area is 61.2 Å². The highest BCUT2D eigenvalue weighted by Crippen LogP contribution is 2.12. The molecule has 56 valence electrons. The summed E-state index contributed by atoms with van der Waals surface area (Å²) < 4.78 is 0. The number of rotatable bonds is 2. The van der Waals surface area contributed by atoms with Crippen molar-refractivity contribution >= 4 is 0 Å². The lowest BCUT2D eigenvalue weighted by atomic mass is 10.0. The van der Waals surface area contributed by atoms with E-state index in [2.05, 4.69) is 5.32 Å². The molecule has 0 aromatic rings. The van der Waals surface area contributed by atoms with Gasteiger partial charge in [-0.3, -0.25) is 0 Å². The molecule has 0 aromatic carbocycles. The molecule has 1 fully saturated rings. The monoisotopic (exact) mass is 139 g/mol. The Hall–Kier alpha value is -0.590. The minimum absolute atomic E-state index is 0.259. The largest absolute Gasteiger partial charge is 0.316 e. The van der Waals surface area contributed by atoms with Crippen LogP contribution in [0.15, 0.2) is 0 Å². The Bertz CT molecular complexity index is 132. The molecule has 1 saturated heterocycles. The van der Waals surface area contributed by atoms with E-state index in [4.69, 9.17) is 11.0 Å². The Kier molecular flexibility index (Phi) is 2.67. The van der Waals surface area contributed by atoms with Gasteiger partial charge < -0.3 is 11.1 Å². The van der Waals surface area contributed by atoms with Crippen LogP contribution in [0, 0.1) is 17.2 Å². The van der Waals surface area contributed by atoms with Crippen LogP contribution in [0.2, 0.25) is 0 Å². The minimum atomic E-state index is -0.259. The number of hydrogen-bond acceptors (Lipinski definition) is 3. The zero-order valence-corrected chi connectivity index (χ0v) is 6.01. The Morgan fingerprint density at radius 3 is 3.10 bits per heavy atom. The number of nitrogens with one attached hydrogen (secondary N) is 1. The second kappa shape index (κ2) is 3.55. The van der Waals surface area contributed by atoms with Crippen molar-refractivity contribution < 1.29 is 0 Å². The predicted octanol–water partition coefficient (Wildman–Crippen LogP) is -0.163. The van der Waals surface area contributed by atoms with E-state index in [0.717, 1.165) is 19.5 Å². The average Bonchev–Trinajstić information content (AvgIpc) is 2.40. The van der Waals surface area contributed by atoms with Gasteiger partial charge in [-0.1, -0.05) is 0 Å². The van der Waals surface area contributed by atoms with Gasteiger partial charge in [0.1, 0.15) is 0 Å². The summed E-state index contributed by atoms with van der Waals surface area (Å²) in [5, 5.41) is 11.6. The van der Waals surface area contributed by atoms with Crippen molar-refractivity contribution in [1.29, 1.82) is 5.26 Å². The van der Waals surface area contributed by atoms with Crippen LogP contribution in [-0.2, 0) is 0 Å². The van der Waals surface area contributed by atoms with Crippen molar-refractivity contribution in [2.75, 3.05) is 13.1 Å². The summed E-state index contributed by atoms with van der Waals surface area (Å²) in [6.07, 6.45) is 2.03. The molecule has 10 heavy (non-hydrogen) atoms. The van der Waals surface area contributed by atoms with Crippen LogP contribution in [-0.4, -0.2) is 19.1 Å². The molecular weight excluding hydrogens is 126 g/mol. The van der Waals surface area contributed by atoms with Crippen LogP contribution < -0.4 is 11.1 Å². The zero-order valence-electron chi connectivity index (χ0n) is 6.01. The topological polar surface area (TPSA) is 61.8 Å². The second-order valence-electron chi connectivity index (χ2n) is 2.83. The molecule has 1 rings (SSSR count). The third-order valence-corrected chi connectivity index (χ3v) is 1.92. The van der Waals surface area contributed by atoms with Gasteiger partial charge in [-0.15, -0.1) is 0 Å². The molecule has 0 aromatic heterocycles. The summed E-state index contributed by atoms with van der Waals surface area (Å²) in [7, 11) is 0. The minimum Gasteiger partial charge on any atom is -0.316 e. The molecule has 0 aliphatic carbocycles. The molecule has 0 unspecified atom stereocenters. The molecule has 3 heteroatoms. The number of hydrogen-bond donors (Lipinski definition) is 2. The Balaban J connectivity index is 2.19. The van der Waals surface area contributed by atoms with E-state index in [9.17, 15) is 0 Å². The standard InChI is InChI=1S/C7H13N3/c8-4-7(9)3-6-1-2-10-5-6/h6-7,10H,1-3,5,9H2/t6-,7-/m0/s1. The van der Waals surface area contributed by atoms with Gasteiger partial charge in [0, 0.05) is 0 Å². The highest BCUT2D eigenvalue weighted by atomic mass is 14.9. The number of nitrogens with two attached hydrogens (primary N) is 1. The Morgan fingerprint density at radius 2 is 2.60 bits per heavy atom. The third-order valence-electron chi connectivity index (χ3n) is 1.92. The van der Waals surface area contributed by atoms with Crippen molar-refractivity contribution in [2.45, 2.75) is 18.9 Å². The molecule has 0 spiro atoms. The van der Waals surface area contributed by atoms with E-state index >= 15 is 0 Å². The van der Waals surface area contributed by atoms with Crippen LogP contribution >= 0.6 is 0 Å². The first-order chi connectivity index (χ1) is 4.83. The van der Waals surface area contributed by atoms with Crippen LogP contribution in [0.3, 0.4) is 0 Å². The van der Waals surface area contributed by atoms with Crippen LogP contribution in [0.4, 0.5) is 0 Å². The molecule has 1 aliphatic rings. The summed E-state index contributed by atoms with van der Waals surface area (Å²) in [6.45, 7) is 2.12. The lowest BCUT2D eigenvalue weighted by molar-refractivity contribution is 0.506. The summed E-state index contributed by atoms with van der Waals surface area (Å²) in [5.41, 5.74) is 5.46. The third kappa shape index (κ3) is 1.98. The Morgan fingerprint density at radius 1 is 1.80 bits per heavy atom. The highest BCUT2D eigenvalue weighted by molar-refractivity contribution is 4.89. The van der Waals surface area contributed by atoms with Gasteiger partial charge in [0.25, 0.3) is 0 Å². The molecular formula is C7H13N3. The lowest BCUT2D eigenvalue weighted by Gasteiger charge is -2.07. The number of nitriles is 1. The van der Waals surface area contributed by atoms with Gasteiger partial charge in [0.05, 0.1) is 12.1 Å². The fourth-order valence-corrected chi connectivity index (χ4v) is 1.33. The van der Waals surface area contributed by atoms with Gasteiger partial charge in [-0.2, -0.15) is 5.26 Å². The molecule has 3 nitrogen and oxygen atoms in total. The maximum absolute atomic E-state index is 8.40. The van der Waals surface area contributed by atoms with Crippen LogP contribution in [0.25, 0.3) is 0 Å². The fourth-order valence-electron chi connectivity index (χ4n) is 1.33. The summed E-state index contributed by atoms with van der Waals surface area (Å²) in [6, 6.07) is 1.78. The van der Waals surface area contributed by atoms with E-state index in [0.29, 0.717) is 5.92 Å². The maximum atomic E-state index is 8.40. The summed E-state index contributed by atoms with van der Waals surface area (Å²) >= 11 is 0. The first-order valence-corrected chi connectivity index (χ1v) is 3.69. The highest BCUT2D eigenvalue weighted by Gasteiger charge is 2.16. The molecule has 1 aliphatic heterocycles. The van der Waals surface area contributed by atoms with E-state index < -0.39 is 0 Å². The molecule has 1 heterocycles. The molecule has 0 saturated carbocycles. The normalized spacial score (nSPS) is 27.8. The van der Waals surface area contributed by atoms with Crippen LogP contribution in [0.5, 0.6) is 0 Å². The van der Waals surface area contributed by atoms with Crippen LogP contribution in [0.1, 0.15) is 12.8 Å². The van der Waals surface area contributed by atoms with E-state index in [-0.39, 0.29) is 6.04 Å². The smallest absolute Gasteiger partial charge is 0.0931 e. The zero-order chi connectivity index (χ0) is 7.40. The van der Waals surface area contributed by atoms with Gasteiger partial charge in [0.2, 0.25) is 0 Å². The SMILES string of the molecule is N#C[C@@H](N)C[C@@H]1CCNC1. The first kappa shape index (κ1) is 7.52. The van der Waals surface area contributed by atoms with E-state index in [1.54, 1.807) is 0 Å². The second-order valence-corrected chi connectivity index (χ2v) is 2.83. The van der Waals surface area contributed by atoms with Gasteiger partial charge in [-0.05, 0) is 31.8 Å². The van der Waals surface area contributed by atoms with Crippen molar-refractivity contribution in [3.63, 3.8) is 0 Å². The quantitative estimate of drug-likeness (QED) is 0.558. The maximum Gasteiger partial charge on any atom is 0.0931 e. The average molecular weight is 139 g/mol. The lowest BCUT2D eigenvalue weighted by Crippen LogP contribution is -2.22. The number of nitrogens with zero attached hydrogens (tertiary/aromatic N) is 1. The van der Waals surface area contributed by atoms with Crippen molar-refractivity contribution in [1.82, 2.24) is 5.32 Å². The predicted molar refractivity (Wildman–Crippen MR) is 39.2 cm³/mol. The fraction of sp³-hybridized carbons (Fsp3) is 0.857. The first-order valence-electron chi connectivity index (χ1n) is 3.69. The molecule has 2 atom stereocenters. The molecule has 0 amide bonds.